The smallest absolute Gasteiger partial charge is 0.227 e. The maximum atomic E-state index is 11.2. The van der Waals surface area contributed by atoms with Gasteiger partial charge in [0.05, 0.1) is 18.7 Å². The molecule has 0 aliphatic carbocycles. The fourth-order valence-electron chi connectivity index (χ4n) is 1.35. The third kappa shape index (κ3) is 1.75. The van der Waals surface area contributed by atoms with Gasteiger partial charge in [-0.2, -0.15) is 0 Å². The molecule has 0 saturated heterocycles. The lowest BCUT2D eigenvalue weighted by molar-refractivity contribution is -0.116. The van der Waals surface area contributed by atoms with Gasteiger partial charge in [0.2, 0.25) is 5.91 Å². The number of benzene rings is 1. The van der Waals surface area contributed by atoms with Crippen molar-refractivity contribution in [2.75, 3.05) is 11.9 Å². The highest BCUT2D eigenvalue weighted by atomic mass is 79.9. The zero-order chi connectivity index (χ0) is 10.1. The molecule has 1 aliphatic heterocycles. The molecule has 74 valence electrons. The molecule has 2 rings (SSSR count). The molecule has 0 saturated carbocycles. The molecule has 0 bridgehead atoms. The van der Waals surface area contributed by atoms with E-state index in [1.54, 1.807) is 0 Å². The van der Waals surface area contributed by atoms with E-state index < -0.39 is 0 Å². The lowest BCUT2D eigenvalue weighted by Crippen LogP contribution is -2.10. The van der Waals surface area contributed by atoms with E-state index in [-0.39, 0.29) is 5.91 Å². The number of halogens is 1. The van der Waals surface area contributed by atoms with Crippen LogP contribution >= 0.6 is 15.9 Å². The number of carbonyl (C=O) groups is 1. The van der Waals surface area contributed by atoms with Crippen LogP contribution < -0.4 is 10.1 Å². The molecule has 0 spiro atoms. The van der Waals surface area contributed by atoms with Crippen molar-refractivity contribution in [2.24, 2.45) is 0 Å². The minimum absolute atomic E-state index is 0.00507. The first-order valence-corrected chi connectivity index (χ1v) is 5.19. The molecule has 1 amide bonds. The quantitative estimate of drug-likeness (QED) is 0.774. The van der Waals surface area contributed by atoms with Crippen molar-refractivity contribution in [1.29, 1.82) is 0 Å². The molecular weight excluding hydrogens is 246 g/mol. The van der Waals surface area contributed by atoms with E-state index in [2.05, 4.69) is 21.2 Å². The maximum Gasteiger partial charge on any atom is 0.227 e. The average Bonchev–Trinajstić information content (AvgIpc) is 2.28. The molecule has 1 N–H and O–H groups in total. The molecule has 1 aromatic rings. The highest BCUT2D eigenvalue weighted by molar-refractivity contribution is 9.10. The van der Waals surface area contributed by atoms with Gasteiger partial charge in [-0.05, 0) is 24.6 Å². The summed E-state index contributed by atoms with van der Waals surface area (Å²) in [6.45, 7) is 2.41. The van der Waals surface area contributed by atoms with E-state index in [1.165, 1.54) is 0 Å². The van der Waals surface area contributed by atoms with Crippen LogP contribution in [0.3, 0.4) is 0 Å². The average molecular weight is 256 g/mol. The maximum absolute atomic E-state index is 11.2. The Kier molecular flexibility index (Phi) is 2.46. The topological polar surface area (TPSA) is 38.3 Å². The molecule has 0 aromatic heterocycles. The van der Waals surface area contributed by atoms with Gasteiger partial charge in [0.25, 0.3) is 0 Å². The summed E-state index contributed by atoms with van der Waals surface area (Å²) in [7, 11) is 0. The normalized spacial score (nSPS) is 15.1. The Bertz CT molecular complexity index is 390. The molecule has 1 heterocycles. The number of aryl methyl sites for hydroxylation is 1. The van der Waals surface area contributed by atoms with Crippen molar-refractivity contribution >= 4 is 27.5 Å². The molecule has 1 aliphatic rings. The minimum Gasteiger partial charge on any atom is -0.491 e. The fourth-order valence-corrected chi connectivity index (χ4v) is 1.67. The van der Waals surface area contributed by atoms with Crippen molar-refractivity contribution in [2.45, 2.75) is 13.3 Å². The van der Waals surface area contributed by atoms with Gasteiger partial charge in [-0.3, -0.25) is 4.79 Å². The molecule has 0 atom stereocenters. The summed E-state index contributed by atoms with van der Waals surface area (Å²) in [5.74, 6) is 0.735. The third-order valence-corrected chi connectivity index (χ3v) is 2.98. The fraction of sp³-hybridized carbons (Fsp3) is 0.300. The molecule has 4 heteroatoms. The molecule has 3 nitrogen and oxygen atoms in total. The molecule has 0 fully saturated rings. The SMILES string of the molecule is Cc1cc2c(cc1Br)OCCC(=O)N2. The van der Waals surface area contributed by atoms with E-state index in [9.17, 15) is 4.79 Å². The summed E-state index contributed by atoms with van der Waals surface area (Å²) in [5.41, 5.74) is 1.84. The van der Waals surface area contributed by atoms with Crippen LogP contribution in [0.25, 0.3) is 0 Å². The highest BCUT2D eigenvalue weighted by Gasteiger charge is 2.14. The van der Waals surface area contributed by atoms with Crippen LogP contribution in [0.5, 0.6) is 5.75 Å². The Hall–Kier alpha value is -1.03. The van der Waals surface area contributed by atoms with Gasteiger partial charge in [-0.25, -0.2) is 0 Å². The minimum atomic E-state index is 0.00507. The van der Waals surface area contributed by atoms with Gasteiger partial charge < -0.3 is 10.1 Å². The lowest BCUT2D eigenvalue weighted by atomic mass is 10.2. The van der Waals surface area contributed by atoms with E-state index in [4.69, 9.17) is 4.74 Å². The van der Waals surface area contributed by atoms with Crippen LogP contribution in [-0.4, -0.2) is 12.5 Å². The zero-order valence-electron chi connectivity index (χ0n) is 7.76. The number of carbonyl (C=O) groups excluding carboxylic acids is 1. The summed E-state index contributed by atoms with van der Waals surface area (Å²) in [6, 6.07) is 3.79. The van der Waals surface area contributed by atoms with E-state index in [1.807, 2.05) is 19.1 Å². The largest absolute Gasteiger partial charge is 0.491 e. The van der Waals surface area contributed by atoms with Crippen molar-refractivity contribution in [3.63, 3.8) is 0 Å². The van der Waals surface area contributed by atoms with Crippen LogP contribution in [0, 0.1) is 6.92 Å². The van der Waals surface area contributed by atoms with Crippen molar-refractivity contribution in [1.82, 2.24) is 0 Å². The van der Waals surface area contributed by atoms with Crippen LogP contribution in [0.1, 0.15) is 12.0 Å². The van der Waals surface area contributed by atoms with Gasteiger partial charge in [-0.15, -0.1) is 0 Å². The number of hydrogen-bond acceptors (Lipinski definition) is 2. The summed E-state index contributed by atoms with van der Waals surface area (Å²) in [6.07, 6.45) is 0.408. The standard InChI is InChI=1S/C10H10BrNO2/c1-6-4-8-9(5-7(6)11)14-3-2-10(13)12-8/h4-5H,2-3H2,1H3,(H,12,13). The van der Waals surface area contributed by atoms with Crippen molar-refractivity contribution < 1.29 is 9.53 Å². The number of nitrogens with one attached hydrogen (secondary N) is 1. The monoisotopic (exact) mass is 255 g/mol. The second kappa shape index (κ2) is 3.61. The first kappa shape index (κ1) is 9.52. The number of ether oxygens (including phenoxy) is 1. The van der Waals surface area contributed by atoms with Gasteiger partial charge in [0, 0.05) is 4.47 Å². The second-order valence-corrected chi connectivity index (χ2v) is 4.10. The number of hydrogen-bond donors (Lipinski definition) is 1. The van der Waals surface area contributed by atoms with Gasteiger partial charge >= 0.3 is 0 Å². The molecule has 0 unspecified atom stereocenters. The lowest BCUT2D eigenvalue weighted by Gasteiger charge is -2.09. The summed E-state index contributed by atoms with van der Waals surface area (Å²) in [5, 5.41) is 2.81. The second-order valence-electron chi connectivity index (χ2n) is 3.24. The Balaban J connectivity index is 2.46. The molecule has 1 aromatic carbocycles. The molecule has 0 radical (unpaired) electrons. The number of amides is 1. The predicted octanol–water partition coefficient (Wildman–Crippen LogP) is 2.48. The Morgan fingerprint density at radius 2 is 2.29 bits per heavy atom. The zero-order valence-corrected chi connectivity index (χ0v) is 9.35. The van der Waals surface area contributed by atoms with E-state index >= 15 is 0 Å². The molecule has 14 heavy (non-hydrogen) atoms. The van der Waals surface area contributed by atoms with Crippen molar-refractivity contribution in [3.8, 4) is 5.75 Å². The van der Waals surface area contributed by atoms with Gasteiger partial charge in [0.15, 0.2) is 0 Å². The predicted molar refractivity (Wildman–Crippen MR) is 57.6 cm³/mol. The first-order chi connectivity index (χ1) is 6.66. The summed E-state index contributed by atoms with van der Waals surface area (Å²) >= 11 is 3.42. The van der Waals surface area contributed by atoms with Crippen LogP contribution in [-0.2, 0) is 4.79 Å². The third-order valence-electron chi connectivity index (χ3n) is 2.12. The van der Waals surface area contributed by atoms with Crippen LogP contribution in [0.15, 0.2) is 16.6 Å². The van der Waals surface area contributed by atoms with E-state index in [0.29, 0.717) is 13.0 Å². The first-order valence-electron chi connectivity index (χ1n) is 4.39. The van der Waals surface area contributed by atoms with Crippen LogP contribution in [0.4, 0.5) is 5.69 Å². The van der Waals surface area contributed by atoms with E-state index in [0.717, 1.165) is 21.5 Å². The van der Waals surface area contributed by atoms with Crippen molar-refractivity contribution in [3.05, 3.63) is 22.2 Å². The molecular formula is C10H10BrNO2. The summed E-state index contributed by atoms with van der Waals surface area (Å²) < 4.78 is 6.43. The van der Waals surface area contributed by atoms with Gasteiger partial charge in [-0.1, -0.05) is 15.9 Å². The Morgan fingerprint density at radius 3 is 3.07 bits per heavy atom. The summed E-state index contributed by atoms with van der Waals surface area (Å²) in [4.78, 5) is 11.2. The number of rotatable bonds is 0. The number of fused-ring (bicyclic) bond motifs is 1. The Labute approximate surface area is 90.6 Å². The van der Waals surface area contributed by atoms with Crippen LogP contribution in [0.2, 0.25) is 0 Å². The Morgan fingerprint density at radius 1 is 1.50 bits per heavy atom. The number of anilines is 1. The highest BCUT2D eigenvalue weighted by Crippen LogP contribution is 2.32. The van der Waals surface area contributed by atoms with Gasteiger partial charge in [0.1, 0.15) is 5.75 Å².